The highest BCUT2D eigenvalue weighted by Crippen LogP contribution is 2.29. The molecule has 1 rings (SSSR count). The minimum atomic E-state index is -0.0695. The average molecular weight is 230 g/mol. The van der Waals surface area contributed by atoms with Crippen LogP contribution in [0.2, 0.25) is 0 Å². The van der Waals surface area contributed by atoms with Crippen molar-refractivity contribution in [3.05, 3.63) is 29.3 Å². The van der Waals surface area contributed by atoms with Gasteiger partial charge < -0.3 is 10.8 Å². The highest BCUT2D eigenvalue weighted by Gasteiger charge is 2.16. The van der Waals surface area contributed by atoms with E-state index in [0.29, 0.717) is 11.7 Å². The maximum atomic E-state index is 9.67. The smallest absolute Gasteiger partial charge is 0.120 e. The van der Waals surface area contributed by atoms with E-state index in [1.165, 1.54) is 0 Å². The van der Waals surface area contributed by atoms with Crippen molar-refractivity contribution in [2.24, 2.45) is 11.7 Å². The van der Waals surface area contributed by atoms with Crippen molar-refractivity contribution in [1.82, 2.24) is 0 Å². The van der Waals surface area contributed by atoms with Crippen LogP contribution in [0.3, 0.4) is 0 Å². The lowest BCUT2D eigenvalue weighted by molar-refractivity contribution is 0.419. The van der Waals surface area contributed by atoms with Gasteiger partial charge in [0.05, 0.1) is 0 Å². The van der Waals surface area contributed by atoms with Gasteiger partial charge in [-0.1, -0.05) is 38.0 Å². The summed E-state index contributed by atoms with van der Waals surface area (Å²) in [4.78, 5) is 0. The Hall–Kier alpha value is -0.730. The van der Waals surface area contributed by atoms with E-state index in [0.717, 1.165) is 17.5 Å². The Morgan fingerprint density at radius 3 is 2.53 bits per heavy atom. The van der Waals surface area contributed by atoms with Gasteiger partial charge in [-0.2, -0.15) is 0 Å². The van der Waals surface area contributed by atoms with E-state index < -0.39 is 0 Å². The molecule has 0 bridgehead atoms. The first-order valence-electron chi connectivity index (χ1n) is 5.11. The summed E-state index contributed by atoms with van der Waals surface area (Å²) in [6.45, 7) is 6.22. The van der Waals surface area contributed by atoms with Gasteiger partial charge in [0.25, 0.3) is 0 Å². The van der Waals surface area contributed by atoms with Crippen molar-refractivity contribution in [2.75, 3.05) is 0 Å². The zero-order valence-electron chi connectivity index (χ0n) is 9.53. The number of aromatic hydroxyl groups is 1. The second-order valence-electron chi connectivity index (χ2n) is 3.97. The van der Waals surface area contributed by atoms with E-state index in [-0.39, 0.29) is 18.4 Å². The average Bonchev–Trinajstić information content (AvgIpc) is 2.19. The van der Waals surface area contributed by atoms with E-state index in [1.54, 1.807) is 6.07 Å². The lowest BCUT2D eigenvalue weighted by atomic mass is 9.92. The van der Waals surface area contributed by atoms with Gasteiger partial charge in [0.2, 0.25) is 0 Å². The van der Waals surface area contributed by atoms with Crippen molar-refractivity contribution < 1.29 is 5.11 Å². The monoisotopic (exact) mass is 229 g/mol. The summed E-state index contributed by atoms with van der Waals surface area (Å²) in [7, 11) is 0. The molecular formula is C12H20ClNO. The zero-order chi connectivity index (χ0) is 10.7. The number of phenols is 1. The van der Waals surface area contributed by atoms with Crippen LogP contribution in [0.5, 0.6) is 5.75 Å². The zero-order valence-corrected chi connectivity index (χ0v) is 10.3. The molecule has 3 N–H and O–H groups in total. The van der Waals surface area contributed by atoms with Crippen LogP contribution in [-0.4, -0.2) is 5.11 Å². The maximum absolute atomic E-state index is 9.67. The largest absolute Gasteiger partial charge is 0.508 e. The normalized spacial score (nSPS) is 14.1. The third kappa shape index (κ3) is 3.40. The predicted molar refractivity (Wildman–Crippen MR) is 66.5 cm³/mol. The standard InChI is InChI=1S/C12H19NO.ClH/c1-4-9(3)12(13)10-7-8(2)5-6-11(10)14;/h5-7,9,12,14H,4,13H2,1-3H3;1H/t9?,12-;/m0./s1. The van der Waals surface area contributed by atoms with Crippen LogP contribution in [0.4, 0.5) is 0 Å². The molecule has 86 valence electrons. The van der Waals surface area contributed by atoms with Gasteiger partial charge in [-0.25, -0.2) is 0 Å². The molecule has 0 amide bonds. The van der Waals surface area contributed by atoms with Crippen molar-refractivity contribution in [3.8, 4) is 5.75 Å². The molecule has 0 spiro atoms. The first kappa shape index (κ1) is 14.3. The number of hydrogen-bond acceptors (Lipinski definition) is 2. The molecule has 3 heteroatoms. The number of nitrogens with two attached hydrogens (primary N) is 1. The molecule has 15 heavy (non-hydrogen) atoms. The first-order chi connectivity index (χ1) is 6.56. The molecule has 0 aliphatic carbocycles. The van der Waals surface area contributed by atoms with Crippen molar-refractivity contribution in [3.63, 3.8) is 0 Å². The van der Waals surface area contributed by atoms with Crippen LogP contribution in [0.25, 0.3) is 0 Å². The maximum Gasteiger partial charge on any atom is 0.120 e. The number of hydrogen-bond donors (Lipinski definition) is 2. The Kier molecular flexibility index (Phi) is 5.69. The van der Waals surface area contributed by atoms with Gasteiger partial charge in [0, 0.05) is 11.6 Å². The lowest BCUT2D eigenvalue weighted by Crippen LogP contribution is -2.18. The van der Waals surface area contributed by atoms with E-state index in [4.69, 9.17) is 5.73 Å². The summed E-state index contributed by atoms with van der Waals surface area (Å²) in [5, 5.41) is 9.67. The SMILES string of the molecule is CCC(C)[C@H](N)c1cc(C)ccc1O.Cl. The molecule has 0 aromatic heterocycles. The molecule has 0 saturated heterocycles. The van der Waals surface area contributed by atoms with Gasteiger partial charge in [-0.15, -0.1) is 12.4 Å². The molecule has 2 nitrogen and oxygen atoms in total. The molecule has 0 radical (unpaired) electrons. The Balaban J connectivity index is 0.00000196. The van der Waals surface area contributed by atoms with E-state index in [9.17, 15) is 5.11 Å². The van der Waals surface area contributed by atoms with Gasteiger partial charge >= 0.3 is 0 Å². The molecule has 2 atom stereocenters. The quantitative estimate of drug-likeness (QED) is 0.837. The summed E-state index contributed by atoms with van der Waals surface area (Å²) >= 11 is 0. The summed E-state index contributed by atoms with van der Waals surface area (Å²) < 4.78 is 0. The molecule has 1 aromatic carbocycles. The van der Waals surface area contributed by atoms with Crippen molar-refractivity contribution in [1.29, 1.82) is 0 Å². The van der Waals surface area contributed by atoms with Gasteiger partial charge in [-0.3, -0.25) is 0 Å². The van der Waals surface area contributed by atoms with Crippen LogP contribution in [0.1, 0.15) is 37.4 Å². The number of rotatable bonds is 3. The molecule has 0 saturated carbocycles. The highest BCUT2D eigenvalue weighted by atomic mass is 35.5. The number of halogens is 1. The molecule has 0 heterocycles. The van der Waals surface area contributed by atoms with Crippen LogP contribution in [-0.2, 0) is 0 Å². The third-order valence-electron chi connectivity index (χ3n) is 2.80. The Morgan fingerprint density at radius 2 is 2.00 bits per heavy atom. The fourth-order valence-corrected chi connectivity index (χ4v) is 1.50. The molecule has 1 unspecified atom stereocenters. The van der Waals surface area contributed by atoms with Crippen molar-refractivity contribution >= 4 is 12.4 Å². The number of benzene rings is 1. The van der Waals surface area contributed by atoms with Crippen LogP contribution < -0.4 is 5.73 Å². The molecule has 0 fully saturated rings. The van der Waals surface area contributed by atoms with Gasteiger partial charge in [0.15, 0.2) is 0 Å². The summed E-state index contributed by atoms with van der Waals surface area (Å²) in [5.74, 6) is 0.700. The van der Waals surface area contributed by atoms with Gasteiger partial charge in [-0.05, 0) is 18.9 Å². The first-order valence-corrected chi connectivity index (χ1v) is 5.11. The summed E-state index contributed by atoms with van der Waals surface area (Å²) in [6, 6.07) is 5.50. The van der Waals surface area contributed by atoms with Crippen LogP contribution in [0, 0.1) is 12.8 Å². The Morgan fingerprint density at radius 1 is 1.40 bits per heavy atom. The van der Waals surface area contributed by atoms with Crippen molar-refractivity contribution in [2.45, 2.75) is 33.2 Å². The minimum Gasteiger partial charge on any atom is -0.508 e. The summed E-state index contributed by atoms with van der Waals surface area (Å²) in [5.41, 5.74) is 8.05. The lowest BCUT2D eigenvalue weighted by Gasteiger charge is -2.20. The fraction of sp³-hybridized carbons (Fsp3) is 0.500. The minimum absolute atomic E-state index is 0. The highest BCUT2D eigenvalue weighted by molar-refractivity contribution is 5.85. The second kappa shape index (κ2) is 5.99. The number of aryl methyl sites for hydroxylation is 1. The summed E-state index contributed by atoms with van der Waals surface area (Å²) in [6.07, 6.45) is 1.02. The molecule has 0 aliphatic rings. The number of phenolic OH excluding ortho intramolecular Hbond substituents is 1. The van der Waals surface area contributed by atoms with E-state index in [1.807, 2.05) is 19.1 Å². The second-order valence-corrected chi connectivity index (χ2v) is 3.97. The topological polar surface area (TPSA) is 46.2 Å². The third-order valence-corrected chi connectivity index (χ3v) is 2.80. The molecule has 0 aliphatic heterocycles. The fourth-order valence-electron chi connectivity index (χ4n) is 1.50. The Labute approximate surface area is 97.9 Å². The van der Waals surface area contributed by atoms with Gasteiger partial charge in [0.1, 0.15) is 5.75 Å². The molecule has 1 aromatic rings. The van der Waals surface area contributed by atoms with Crippen LogP contribution >= 0.6 is 12.4 Å². The molecular weight excluding hydrogens is 210 g/mol. The van der Waals surface area contributed by atoms with E-state index in [2.05, 4.69) is 13.8 Å². The van der Waals surface area contributed by atoms with Crippen LogP contribution in [0.15, 0.2) is 18.2 Å². The van der Waals surface area contributed by atoms with E-state index >= 15 is 0 Å². The Bertz CT molecular complexity index is 314. The predicted octanol–water partition coefficient (Wildman–Crippen LogP) is 3.17.